The second kappa shape index (κ2) is 4.64. The summed E-state index contributed by atoms with van der Waals surface area (Å²) in [5.74, 6) is 0.409. The minimum atomic E-state index is -0.274. The van der Waals surface area contributed by atoms with Crippen molar-refractivity contribution in [1.29, 1.82) is 0 Å². The Morgan fingerprint density at radius 3 is 2.94 bits per heavy atom. The van der Waals surface area contributed by atoms with Crippen LogP contribution in [0, 0.1) is 5.82 Å². The molecule has 18 heavy (non-hydrogen) atoms. The maximum Gasteiger partial charge on any atom is 0.126 e. The molecule has 94 valence electrons. The summed E-state index contributed by atoms with van der Waals surface area (Å²) in [5.41, 5.74) is 7.95. The maximum absolute atomic E-state index is 13.2. The molecule has 0 amide bonds. The Morgan fingerprint density at radius 2 is 2.22 bits per heavy atom. The van der Waals surface area contributed by atoms with Crippen LogP contribution in [-0.2, 0) is 0 Å². The van der Waals surface area contributed by atoms with E-state index in [9.17, 15) is 4.39 Å². The molecular weight excluding hydrogens is 317 g/mol. The highest BCUT2D eigenvalue weighted by molar-refractivity contribution is 9.11. The van der Waals surface area contributed by atoms with Crippen molar-refractivity contribution >= 4 is 27.3 Å². The maximum atomic E-state index is 13.2. The zero-order valence-electron chi connectivity index (χ0n) is 9.40. The van der Waals surface area contributed by atoms with Crippen LogP contribution in [0.4, 0.5) is 4.39 Å². The average Bonchev–Trinajstić information content (AvgIpc) is 2.77. The Bertz CT molecular complexity index is 586. The fraction of sp³-hybridized carbons (Fsp3) is 0.231. The molecule has 1 unspecified atom stereocenters. The van der Waals surface area contributed by atoms with Gasteiger partial charge in [-0.2, -0.15) is 0 Å². The van der Waals surface area contributed by atoms with Gasteiger partial charge in [0.15, 0.2) is 0 Å². The molecule has 0 spiro atoms. The quantitative estimate of drug-likeness (QED) is 0.853. The predicted molar refractivity (Wildman–Crippen MR) is 73.3 cm³/mol. The second-order valence-corrected chi connectivity index (χ2v) is 6.61. The van der Waals surface area contributed by atoms with E-state index in [0.29, 0.717) is 12.2 Å². The third kappa shape index (κ3) is 2.18. The molecule has 0 saturated carbocycles. The average molecular weight is 328 g/mol. The molecular formula is C13H11BrFNOS. The van der Waals surface area contributed by atoms with Crippen molar-refractivity contribution in [2.45, 2.75) is 18.6 Å². The molecule has 1 aromatic heterocycles. The largest absolute Gasteiger partial charge is 0.485 e. The zero-order chi connectivity index (χ0) is 12.7. The first-order valence-corrected chi connectivity index (χ1v) is 7.26. The molecule has 0 bridgehead atoms. The van der Waals surface area contributed by atoms with E-state index in [0.717, 1.165) is 14.9 Å². The molecule has 2 heterocycles. The van der Waals surface area contributed by atoms with Crippen molar-refractivity contribution < 1.29 is 9.13 Å². The number of ether oxygens (including phenoxy) is 1. The third-order valence-corrected chi connectivity index (χ3v) is 4.59. The number of hydrogen-bond donors (Lipinski definition) is 1. The first kappa shape index (κ1) is 12.1. The van der Waals surface area contributed by atoms with Crippen molar-refractivity contribution in [2.24, 2.45) is 5.73 Å². The van der Waals surface area contributed by atoms with Crippen LogP contribution in [0.3, 0.4) is 0 Å². The lowest BCUT2D eigenvalue weighted by atomic mass is 9.95. The van der Waals surface area contributed by atoms with Crippen molar-refractivity contribution in [3.8, 4) is 5.75 Å². The van der Waals surface area contributed by atoms with Crippen molar-refractivity contribution in [1.82, 2.24) is 0 Å². The SMILES string of the molecule is N[C@@H]1CC(c2csc(Br)c2)Oc2ccc(F)cc21. The highest BCUT2D eigenvalue weighted by atomic mass is 79.9. The number of nitrogens with two attached hydrogens (primary N) is 1. The van der Waals surface area contributed by atoms with Gasteiger partial charge in [0.1, 0.15) is 17.7 Å². The van der Waals surface area contributed by atoms with E-state index in [1.807, 2.05) is 6.07 Å². The third-order valence-electron chi connectivity index (χ3n) is 3.07. The van der Waals surface area contributed by atoms with E-state index in [1.165, 1.54) is 12.1 Å². The summed E-state index contributed by atoms with van der Waals surface area (Å²) >= 11 is 5.06. The molecule has 1 aliphatic rings. The van der Waals surface area contributed by atoms with Gasteiger partial charge >= 0.3 is 0 Å². The Balaban J connectivity index is 1.94. The minimum absolute atomic E-state index is 0.0551. The summed E-state index contributed by atoms with van der Waals surface area (Å²) in [6.45, 7) is 0. The van der Waals surface area contributed by atoms with Gasteiger partial charge in [0.05, 0.1) is 3.79 Å². The first-order valence-electron chi connectivity index (χ1n) is 5.59. The van der Waals surface area contributed by atoms with Crippen molar-refractivity contribution in [2.75, 3.05) is 0 Å². The van der Waals surface area contributed by atoms with Crippen molar-refractivity contribution in [3.05, 3.63) is 50.4 Å². The normalized spacial score (nSPS) is 22.4. The smallest absolute Gasteiger partial charge is 0.126 e. The molecule has 2 nitrogen and oxygen atoms in total. The first-order chi connectivity index (χ1) is 8.63. The van der Waals surface area contributed by atoms with Crippen LogP contribution >= 0.6 is 27.3 Å². The van der Waals surface area contributed by atoms with Gasteiger partial charge in [0, 0.05) is 23.6 Å². The summed E-state index contributed by atoms with van der Waals surface area (Å²) in [5, 5.41) is 2.05. The Labute approximate surface area is 117 Å². The molecule has 2 atom stereocenters. The molecule has 3 rings (SSSR count). The fourth-order valence-electron chi connectivity index (χ4n) is 2.17. The summed E-state index contributed by atoms with van der Waals surface area (Å²) in [4.78, 5) is 0. The van der Waals surface area contributed by atoms with Gasteiger partial charge in [-0.1, -0.05) is 0 Å². The lowest BCUT2D eigenvalue weighted by Gasteiger charge is -2.30. The summed E-state index contributed by atoms with van der Waals surface area (Å²) in [6, 6.07) is 6.36. The number of fused-ring (bicyclic) bond motifs is 1. The van der Waals surface area contributed by atoms with Crippen LogP contribution in [-0.4, -0.2) is 0 Å². The molecule has 0 saturated heterocycles. The number of rotatable bonds is 1. The number of halogens is 2. The molecule has 0 aliphatic carbocycles. The van der Waals surface area contributed by atoms with Crippen LogP contribution in [0.2, 0.25) is 0 Å². The number of hydrogen-bond acceptors (Lipinski definition) is 3. The van der Waals surface area contributed by atoms with Crippen LogP contribution < -0.4 is 10.5 Å². The van der Waals surface area contributed by atoms with Gasteiger partial charge < -0.3 is 10.5 Å². The van der Waals surface area contributed by atoms with E-state index in [2.05, 4.69) is 21.3 Å². The van der Waals surface area contributed by atoms with Gasteiger partial charge in [0.25, 0.3) is 0 Å². The predicted octanol–water partition coefficient (Wildman–Crippen LogP) is 4.17. The van der Waals surface area contributed by atoms with Crippen molar-refractivity contribution in [3.63, 3.8) is 0 Å². The molecule has 5 heteroatoms. The summed E-state index contributed by atoms with van der Waals surface area (Å²) < 4.78 is 20.1. The van der Waals surface area contributed by atoms with E-state index in [4.69, 9.17) is 10.5 Å². The van der Waals surface area contributed by atoms with Crippen LogP contribution in [0.5, 0.6) is 5.75 Å². The fourth-order valence-corrected chi connectivity index (χ4v) is 3.39. The standard InChI is InChI=1S/C13H11BrFNOS/c14-13-3-7(6-18-13)12-5-10(16)9-4-8(15)1-2-11(9)17-12/h1-4,6,10,12H,5,16H2/t10-,12?/m1/s1. The molecule has 0 radical (unpaired) electrons. The van der Waals surface area contributed by atoms with Crippen LogP contribution in [0.25, 0.3) is 0 Å². The number of thiophene rings is 1. The topological polar surface area (TPSA) is 35.2 Å². The molecule has 2 N–H and O–H groups in total. The lowest BCUT2D eigenvalue weighted by Crippen LogP contribution is -2.24. The Morgan fingerprint density at radius 1 is 1.39 bits per heavy atom. The van der Waals surface area contributed by atoms with E-state index in [-0.39, 0.29) is 18.0 Å². The number of benzene rings is 1. The zero-order valence-corrected chi connectivity index (χ0v) is 11.8. The van der Waals surface area contributed by atoms with Gasteiger partial charge in [0.2, 0.25) is 0 Å². The summed E-state index contributed by atoms with van der Waals surface area (Å²) in [7, 11) is 0. The highest BCUT2D eigenvalue weighted by Crippen LogP contribution is 2.41. The van der Waals surface area contributed by atoms with Gasteiger partial charge in [-0.25, -0.2) is 4.39 Å². The minimum Gasteiger partial charge on any atom is -0.485 e. The van der Waals surface area contributed by atoms with E-state index >= 15 is 0 Å². The Hall–Kier alpha value is -0.910. The molecule has 1 aromatic carbocycles. The second-order valence-electron chi connectivity index (χ2n) is 4.31. The van der Waals surface area contributed by atoms with E-state index < -0.39 is 0 Å². The Kier molecular flexibility index (Phi) is 3.13. The van der Waals surface area contributed by atoms with Crippen LogP contribution in [0.15, 0.2) is 33.4 Å². The van der Waals surface area contributed by atoms with Gasteiger partial charge in [-0.3, -0.25) is 0 Å². The van der Waals surface area contributed by atoms with Gasteiger partial charge in [-0.05, 0) is 45.6 Å². The van der Waals surface area contributed by atoms with Gasteiger partial charge in [-0.15, -0.1) is 11.3 Å². The lowest BCUT2D eigenvalue weighted by molar-refractivity contribution is 0.161. The molecule has 1 aliphatic heterocycles. The monoisotopic (exact) mass is 327 g/mol. The summed E-state index contributed by atoms with van der Waals surface area (Å²) in [6.07, 6.45) is 0.611. The molecule has 2 aromatic rings. The molecule has 0 fully saturated rings. The van der Waals surface area contributed by atoms with E-state index in [1.54, 1.807) is 17.4 Å². The highest BCUT2D eigenvalue weighted by Gasteiger charge is 2.27. The van der Waals surface area contributed by atoms with Crippen LogP contribution in [0.1, 0.15) is 29.7 Å².